The van der Waals surface area contributed by atoms with Crippen molar-refractivity contribution in [3.8, 4) is 0 Å². The number of rotatable bonds is 11. The number of aryl methyl sites for hydroxylation is 1. The van der Waals surface area contributed by atoms with Crippen LogP contribution in [0.5, 0.6) is 0 Å². The summed E-state index contributed by atoms with van der Waals surface area (Å²) in [5, 5.41) is 5.26. The lowest BCUT2D eigenvalue weighted by molar-refractivity contribution is -0.134. The zero-order valence-electron chi connectivity index (χ0n) is 15.3. The molecule has 7 heteroatoms. The van der Waals surface area contributed by atoms with E-state index in [4.69, 9.17) is 0 Å². The number of hydrogen-bond acceptors (Lipinski definition) is 5. The summed E-state index contributed by atoms with van der Waals surface area (Å²) < 4.78 is 0. The third-order valence-corrected chi connectivity index (χ3v) is 4.46. The minimum atomic E-state index is -0.182. The Morgan fingerprint density at radius 2 is 1.96 bits per heavy atom. The van der Waals surface area contributed by atoms with Gasteiger partial charge in [-0.15, -0.1) is 11.3 Å². The summed E-state index contributed by atoms with van der Waals surface area (Å²) in [4.78, 5) is 32.6. The molecule has 0 aromatic carbocycles. The van der Waals surface area contributed by atoms with Gasteiger partial charge in [0.15, 0.2) is 5.13 Å². The minimum Gasteiger partial charge on any atom is -0.333 e. The first-order valence-electron chi connectivity index (χ1n) is 8.56. The topological polar surface area (TPSA) is 65.5 Å². The highest BCUT2D eigenvalue weighted by molar-refractivity contribution is 7.13. The van der Waals surface area contributed by atoms with Crippen LogP contribution in [0.1, 0.15) is 44.7 Å². The Morgan fingerprint density at radius 3 is 2.54 bits per heavy atom. The van der Waals surface area contributed by atoms with E-state index in [0.717, 1.165) is 37.9 Å². The van der Waals surface area contributed by atoms with E-state index < -0.39 is 0 Å². The molecule has 0 radical (unpaired) electrons. The van der Waals surface area contributed by atoms with Crippen molar-refractivity contribution < 1.29 is 9.59 Å². The molecule has 0 atom stereocenters. The molecule has 0 saturated heterocycles. The van der Waals surface area contributed by atoms with Crippen molar-refractivity contribution in [2.75, 3.05) is 39.0 Å². The first-order valence-corrected chi connectivity index (χ1v) is 9.44. The fraction of sp³-hybridized carbons (Fsp3) is 0.706. The predicted octanol–water partition coefficient (Wildman–Crippen LogP) is 2.75. The van der Waals surface area contributed by atoms with Crippen LogP contribution in [0, 0.1) is 6.92 Å². The van der Waals surface area contributed by atoms with Crippen molar-refractivity contribution in [1.82, 2.24) is 14.8 Å². The van der Waals surface area contributed by atoms with Gasteiger partial charge in [-0.3, -0.25) is 9.59 Å². The fourth-order valence-corrected chi connectivity index (χ4v) is 3.00. The van der Waals surface area contributed by atoms with Crippen LogP contribution in [0.3, 0.4) is 0 Å². The predicted molar refractivity (Wildman–Crippen MR) is 99.4 cm³/mol. The second-order valence-corrected chi connectivity index (χ2v) is 7.13. The Bertz CT molecular complexity index is 516. The number of carbonyl (C=O) groups excluding carboxylic acids is 2. The van der Waals surface area contributed by atoms with E-state index in [1.165, 1.54) is 11.3 Å². The van der Waals surface area contributed by atoms with Gasteiger partial charge in [0.2, 0.25) is 11.8 Å². The van der Waals surface area contributed by atoms with Crippen molar-refractivity contribution in [3.05, 3.63) is 11.1 Å². The second kappa shape index (κ2) is 11.1. The molecule has 0 aliphatic heterocycles. The highest BCUT2D eigenvalue weighted by Gasteiger charge is 2.17. The Hall–Kier alpha value is -1.47. The van der Waals surface area contributed by atoms with Gasteiger partial charge in [-0.2, -0.15) is 0 Å². The summed E-state index contributed by atoms with van der Waals surface area (Å²) in [7, 11) is 4.01. The van der Waals surface area contributed by atoms with Gasteiger partial charge in [0.1, 0.15) is 0 Å². The van der Waals surface area contributed by atoms with Crippen molar-refractivity contribution >= 4 is 28.3 Å². The van der Waals surface area contributed by atoms with Gasteiger partial charge in [-0.05, 0) is 40.4 Å². The van der Waals surface area contributed by atoms with E-state index in [9.17, 15) is 9.59 Å². The molecule has 1 rings (SSSR count). The number of hydrogen-bond donors (Lipinski definition) is 1. The van der Waals surface area contributed by atoms with Crippen LogP contribution in [0.4, 0.5) is 5.13 Å². The van der Waals surface area contributed by atoms with E-state index in [2.05, 4.69) is 22.1 Å². The fourth-order valence-electron chi connectivity index (χ4n) is 2.30. The number of amides is 2. The van der Waals surface area contributed by atoms with Gasteiger partial charge < -0.3 is 15.1 Å². The highest BCUT2D eigenvalue weighted by atomic mass is 32.1. The molecule has 1 N–H and O–H groups in total. The lowest BCUT2D eigenvalue weighted by atomic mass is 10.2. The molecule has 0 fully saturated rings. The van der Waals surface area contributed by atoms with Gasteiger partial charge in [-0.25, -0.2) is 4.98 Å². The van der Waals surface area contributed by atoms with E-state index >= 15 is 0 Å². The van der Waals surface area contributed by atoms with Crippen LogP contribution in [0.2, 0.25) is 0 Å². The SMILES string of the molecule is CCCCCC(=O)N(CCCN(C)C)CC(=O)Nc1nc(C)cs1. The first-order chi connectivity index (χ1) is 11.4. The average Bonchev–Trinajstić information content (AvgIpc) is 2.91. The maximum atomic E-state index is 12.4. The van der Waals surface area contributed by atoms with Gasteiger partial charge in [0.25, 0.3) is 0 Å². The van der Waals surface area contributed by atoms with E-state index in [1.54, 1.807) is 4.90 Å². The second-order valence-electron chi connectivity index (χ2n) is 6.27. The van der Waals surface area contributed by atoms with Gasteiger partial charge in [-0.1, -0.05) is 19.8 Å². The molecule has 1 heterocycles. The van der Waals surface area contributed by atoms with Crippen LogP contribution in [0.15, 0.2) is 5.38 Å². The van der Waals surface area contributed by atoms with E-state index in [-0.39, 0.29) is 18.4 Å². The maximum Gasteiger partial charge on any atom is 0.245 e. The number of unbranched alkanes of at least 4 members (excludes halogenated alkanes) is 2. The number of thiazole rings is 1. The Kier molecular flexibility index (Phi) is 9.56. The number of nitrogens with one attached hydrogen (secondary N) is 1. The molecule has 0 bridgehead atoms. The quantitative estimate of drug-likeness (QED) is 0.621. The Balaban J connectivity index is 2.54. The van der Waals surface area contributed by atoms with Crippen LogP contribution < -0.4 is 5.32 Å². The molecule has 24 heavy (non-hydrogen) atoms. The molecular formula is C17H30N4O2S. The number of anilines is 1. The van der Waals surface area contributed by atoms with Crippen LogP contribution >= 0.6 is 11.3 Å². The summed E-state index contributed by atoms with van der Waals surface area (Å²) in [5.74, 6) is -0.120. The minimum absolute atomic E-state index is 0.0627. The lowest BCUT2D eigenvalue weighted by Crippen LogP contribution is -2.39. The molecule has 0 unspecified atom stereocenters. The molecule has 6 nitrogen and oxygen atoms in total. The van der Waals surface area contributed by atoms with Crippen molar-refractivity contribution in [2.24, 2.45) is 0 Å². The normalized spacial score (nSPS) is 10.9. The lowest BCUT2D eigenvalue weighted by Gasteiger charge is -2.23. The third-order valence-electron chi connectivity index (χ3n) is 3.58. The molecular weight excluding hydrogens is 324 g/mol. The molecule has 0 spiro atoms. The number of aromatic nitrogens is 1. The Morgan fingerprint density at radius 1 is 1.21 bits per heavy atom. The number of carbonyl (C=O) groups is 2. The summed E-state index contributed by atoms with van der Waals surface area (Å²) in [6.07, 6.45) is 4.38. The van der Waals surface area contributed by atoms with Crippen molar-refractivity contribution in [1.29, 1.82) is 0 Å². The number of nitrogens with zero attached hydrogens (tertiary/aromatic N) is 3. The molecule has 0 aliphatic carbocycles. The molecule has 0 saturated carbocycles. The van der Waals surface area contributed by atoms with E-state index in [1.807, 2.05) is 26.4 Å². The van der Waals surface area contributed by atoms with Crippen LogP contribution in [-0.2, 0) is 9.59 Å². The molecule has 1 aromatic rings. The summed E-state index contributed by atoms with van der Waals surface area (Å²) in [6.45, 7) is 5.59. The maximum absolute atomic E-state index is 12.4. The summed E-state index contributed by atoms with van der Waals surface area (Å²) >= 11 is 1.40. The van der Waals surface area contributed by atoms with Crippen LogP contribution in [0.25, 0.3) is 0 Å². The molecule has 0 aliphatic rings. The standard InChI is InChI=1S/C17H30N4O2S/c1-5-6-7-9-16(23)21(11-8-10-20(3)4)12-15(22)19-17-18-14(2)13-24-17/h13H,5-12H2,1-4H3,(H,18,19,22). The average molecular weight is 355 g/mol. The zero-order chi connectivity index (χ0) is 17.9. The van der Waals surface area contributed by atoms with Gasteiger partial charge in [0.05, 0.1) is 12.2 Å². The summed E-state index contributed by atoms with van der Waals surface area (Å²) in [5.41, 5.74) is 0.883. The smallest absolute Gasteiger partial charge is 0.245 e. The zero-order valence-corrected chi connectivity index (χ0v) is 16.1. The van der Waals surface area contributed by atoms with Gasteiger partial charge in [0, 0.05) is 18.3 Å². The highest BCUT2D eigenvalue weighted by Crippen LogP contribution is 2.14. The van der Waals surface area contributed by atoms with Crippen LogP contribution in [-0.4, -0.2) is 60.3 Å². The summed E-state index contributed by atoms with van der Waals surface area (Å²) in [6, 6.07) is 0. The monoisotopic (exact) mass is 354 g/mol. The third kappa shape index (κ3) is 8.40. The Labute approximate surface area is 149 Å². The largest absolute Gasteiger partial charge is 0.333 e. The molecule has 136 valence electrons. The molecule has 2 amide bonds. The molecule has 1 aromatic heterocycles. The van der Waals surface area contributed by atoms with Crippen molar-refractivity contribution in [2.45, 2.75) is 46.0 Å². The van der Waals surface area contributed by atoms with Crippen molar-refractivity contribution in [3.63, 3.8) is 0 Å². The first kappa shape index (κ1) is 20.6. The van der Waals surface area contributed by atoms with E-state index in [0.29, 0.717) is 18.1 Å². The van der Waals surface area contributed by atoms with Gasteiger partial charge >= 0.3 is 0 Å².